The average molecular weight is 405 g/mol. The number of ketones is 1. The number of carbonyl (C=O) groups excluding carboxylic acids is 1. The van der Waals surface area contributed by atoms with Gasteiger partial charge in [0.15, 0.2) is 27.1 Å². The Morgan fingerprint density at radius 3 is 2.32 bits per heavy atom. The van der Waals surface area contributed by atoms with Gasteiger partial charge in [0.1, 0.15) is 0 Å². The van der Waals surface area contributed by atoms with Crippen LogP contribution >= 0.6 is 0 Å². The molecule has 1 fully saturated rings. The van der Waals surface area contributed by atoms with E-state index in [4.69, 9.17) is 9.47 Å². The number of Topliss-reactive ketones (excluding diaryl/α,β-unsaturated/α-hetero) is 1. The van der Waals surface area contributed by atoms with E-state index < -0.39 is 22.0 Å². The molecular weight excluding hydrogens is 382 g/mol. The molecule has 1 N–H and O–H groups in total. The molecule has 1 saturated heterocycles. The van der Waals surface area contributed by atoms with Crippen LogP contribution in [0, 0.1) is 0 Å². The van der Waals surface area contributed by atoms with Crippen LogP contribution in [-0.2, 0) is 9.84 Å². The number of methoxy groups -OCH3 is 2. The molecule has 28 heavy (non-hydrogen) atoms. The summed E-state index contributed by atoms with van der Waals surface area (Å²) >= 11 is 0. The number of hydrogen-bond donors (Lipinski definition) is 1. The second kappa shape index (κ2) is 8.20. The van der Waals surface area contributed by atoms with Crippen LogP contribution in [0.2, 0.25) is 0 Å². The second-order valence-corrected chi connectivity index (χ2v) is 8.82. The molecule has 2 aromatic rings. The first-order chi connectivity index (χ1) is 13.3. The van der Waals surface area contributed by atoms with Crippen molar-refractivity contribution >= 4 is 21.3 Å². The number of carbonyl (C=O) groups is 1. The van der Waals surface area contributed by atoms with Gasteiger partial charge in [0.2, 0.25) is 0 Å². The molecule has 1 aliphatic heterocycles. The Morgan fingerprint density at radius 1 is 1.07 bits per heavy atom. The molecule has 2 atom stereocenters. The molecule has 1 aliphatic rings. The van der Waals surface area contributed by atoms with Gasteiger partial charge >= 0.3 is 0 Å². The standard InChI is InChI=1S/C20H23NO6S/c1-26-19-9-8-14(10-20(19)27-2)17(22)11-21(15-6-4-3-5-7-15)16-12-28(24,25)13-18(16)23/h3-10,16,18,23H,11-13H2,1-2H3/t16-,18+/m1/s1. The number of hydrogen-bond acceptors (Lipinski definition) is 7. The number of para-hydroxylation sites is 1. The Bertz CT molecular complexity index is 944. The molecule has 2 aromatic carbocycles. The first-order valence-corrected chi connectivity index (χ1v) is 10.6. The number of rotatable bonds is 7. The topological polar surface area (TPSA) is 93.1 Å². The minimum absolute atomic E-state index is 0.0727. The first kappa shape index (κ1) is 20.2. The van der Waals surface area contributed by atoms with E-state index in [0.717, 1.165) is 0 Å². The van der Waals surface area contributed by atoms with Crippen molar-refractivity contribution < 1.29 is 27.8 Å². The Balaban J connectivity index is 1.91. The van der Waals surface area contributed by atoms with Crippen molar-refractivity contribution in [3.63, 3.8) is 0 Å². The van der Waals surface area contributed by atoms with Gasteiger partial charge in [-0.3, -0.25) is 4.79 Å². The third-order valence-corrected chi connectivity index (χ3v) is 6.50. The number of ether oxygens (including phenoxy) is 2. The maximum Gasteiger partial charge on any atom is 0.182 e. The van der Waals surface area contributed by atoms with Gasteiger partial charge in [0.25, 0.3) is 0 Å². The third kappa shape index (κ3) is 4.28. The normalized spacial score (nSPS) is 20.5. The maximum absolute atomic E-state index is 13.0. The number of sulfone groups is 1. The van der Waals surface area contributed by atoms with Crippen LogP contribution in [-0.4, -0.2) is 63.7 Å². The average Bonchev–Trinajstić information content (AvgIpc) is 2.97. The van der Waals surface area contributed by atoms with Crippen LogP contribution in [0.1, 0.15) is 10.4 Å². The Labute approximate surface area is 164 Å². The van der Waals surface area contributed by atoms with Gasteiger partial charge in [0.05, 0.1) is 44.4 Å². The highest BCUT2D eigenvalue weighted by Gasteiger charge is 2.40. The first-order valence-electron chi connectivity index (χ1n) is 8.80. The van der Waals surface area contributed by atoms with E-state index in [2.05, 4.69) is 0 Å². The van der Waals surface area contributed by atoms with E-state index in [1.807, 2.05) is 6.07 Å². The molecule has 150 valence electrons. The van der Waals surface area contributed by atoms with E-state index in [0.29, 0.717) is 22.7 Å². The van der Waals surface area contributed by atoms with Crippen molar-refractivity contribution in [3.05, 3.63) is 54.1 Å². The molecule has 0 amide bonds. The van der Waals surface area contributed by atoms with E-state index in [9.17, 15) is 18.3 Å². The van der Waals surface area contributed by atoms with Crippen molar-refractivity contribution in [1.29, 1.82) is 0 Å². The smallest absolute Gasteiger partial charge is 0.182 e. The van der Waals surface area contributed by atoms with Crippen molar-refractivity contribution in [1.82, 2.24) is 0 Å². The maximum atomic E-state index is 13.0. The van der Waals surface area contributed by atoms with Crippen LogP contribution in [0.4, 0.5) is 5.69 Å². The molecule has 3 rings (SSSR count). The SMILES string of the molecule is COc1ccc(C(=O)CN(c2ccccc2)[C@@H]2CS(=O)(=O)C[C@@H]2O)cc1OC. The monoisotopic (exact) mass is 405 g/mol. The summed E-state index contributed by atoms with van der Waals surface area (Å²) in [6, 6.07) is 13.2. The lowest BCUT2D eigenvalue weighted by atomic mass is 10.1. The summed E-state index contributed by atoms with van der Waals surface area (Å²) in [6.07, 6.45) is -1.05. The fourth-order valence-electron chi connectivity index (χ4n) is 3.38. The van der Waals surface area contributed by atoms with Crippen LogP contribution in [0.15, 0.2) is 48.5 Å². The Kier molecular flexibility index (Phi) is 5.90. The number of aliphatic hydroxyl groups is 1. The van der Waals surface area contributed by atoms with E-state index in [1.54, 1.807) is 47.4 Å². The van der Waals surface area contributed by atoms with Crippen LogP contribution in [0.5, 0.6) is 11.5 Å². The molecule has 0 bridgehead atoms. The summed E-state index contributed by atoms with van der Waals surface area (Å²) in [5, 5.41) is 10.3. The largest absolute Gasteiger partial charge is 0.493 e. The van der Waals surface area contributed by atoms with Gasteiger partial charge in [0, 0.05) is 11.3 Å². The van der Waals surface area contributed by atoms with Crippen LogP contribution in [0.25, 0.3) is 0 Å². The number of anilines is 1. The molecule has 7 nitrogen and oxygen atoms in total. The van der Waals surface area contributed by atoms with Gasteiger partial charge in [-0.15, -0.1) is 0 Å². The lowest BCUT2D eigenvalue weighted by Crippen LogP contribution is -2.46. The van der Waals surface area contributed by atoms with E-state index >= 15 is 0 Å². The Morgan fingerprint density at radius 2 is 1.75 bits per heavy atom. The minimum Gasteiger partial charge on any atom is -0.493 e. The number of nitrogens with zero attached hydrogens (tertiary/aromatic N) is 1. The highest BCUT2D eigenvalue weighted by atomic mass is 32.2. The quantitative estimate of drug-likeness (QED) is 0.699. The zero-order valence-corrected chi connectivity index (χ0v) is 16.6. The molecule has 0 unspecified atom stereocenters. The number of aliphatic hydroxyl groups excluding tert-OH is 1. The van der Waals surface area contributed by atoms with Crippen molar-refractivity contribution in [2.45, 2.75) is 12.1 Å². The summed E-state index contributed by atoms with van der Waals surface area (Å²) in [5.41, 5.74) is 1.09. The summed E-state index contributed by atoms with van der Waals surface area (Å²) < 4.78 is 34.4. The van der Waals surface area contributed by atoms with Gasteiger partial charge in [-0.1, -0.05) is 18.2 Å². The summed E-state index contributed by atoms with van der Waals surface area (Å²) in [7, 11) is -0.357. The fraction of sp³-hybridized carbons (Fsp3) is 0.350. The van der Waals surface area contributed by atoms with Crippen LogP contribution in [0.3, 0.4) is 0 Å². The zero-order chi connectivity index (χ0) is 20.3. The van der Waals surface area contributed by atoms with Crippen LogP contribution < -0.4 is 14.4 Å². The summed E-state index contributed by atoms with van der Waals surface area (Å²) in [5.74, 6) is 0.231. The molecular formula is C20H23NO6S. The molecule has 0 spiro atoms. The molecule has 0 aliphatic carbocycles. The minimum atomic E-state index is -3.36. The highest BCUT2D eigenvalue weighted by Crippen LogP contribution is 2.29. The van der Waals surface area contributed by atoms with Crippen molar-refractivity contribution in [3.8, 4) is 11.5 Å². The predicted molar refractivity (Wildman–Crippen MR) is 106 cm³/mol. The predicted octanol–water partition coefficient (Wildman–Crippen LogP) is 1.55. The highest BCUT2D eigenvalue weighted by molar-refractivity contribution is 7.91. The molecule has 1 heterocycles. The van der Waals surface area contributed by atoms with Gasteiger partial charge in [-0.25, -0.2) is 8.42 Å². The van der Waals surface area contributed by atoms with Gasteiger partial charge in [-0.2, -0.15) is 0 Å². The van der Waals surface area contributed by atoms with Gasteiger partial charge < -0.3 is 19.5 Å². The van der Waals surface area contributed by atoms with E-state index in [-0.39, 0.29) is 23.8 Å². The molecule has 0 saturated carbocycles. The third-order valence-electron chi connectivity index (χ3n) is 4.80. The van der Waals surface area contributed by atoms with Crippen molar-refractivity contribution in [2.24, 2.45) is 0 Å². The zero-order valence-electron chi connectivity index (χ0n) is 15.7. The molecule has 0 aromatic heterocycles. The lowest BCUT2D eigenvalue weighted by Gasteiger charge is -2.31. The second-order valence-electron chi connectivity index (χ2n) is 6.67. The van der Waals surface area contributed by atoms with Crippen molar-refractivity contribution in [2.75, 3.05) is 37.2 Å². The fourth-order valence-corrected chi connectivity index (χ4v) is 5.18. The molecule has 8 heteroatoms. The lowest BCUT2D eigenvalue weighted by molar-refractivity contribution is 0.0990. The summed E-state index contributed by atoms with van der Waals surface area (Å²) in [6.45, 7) is -0.0727. The Hall–Kier alpha value is -2.58. The van der Waals surface area contributed by atoms with Gasteiger partial charge in [-0.05, 0) is 30.3 Å². The number of benzene rings is 2. The molecule has 0 radical (unpaired) electrons. The van der Waals surface area contributed by atoms with E-state index in [1.165, 1.54) is 14.2 Å². The summed E-state index contributed by atoms with van der Waals surface area (Å²) in [4.78, 5) is 14.6.